The summed E-state index contributed by atoms with van der Waals surface area (Å²) in [5.41, 5.74) is 4.64. The minimum Gasteiger partial charge on any atom is -0.493 e. The summed E-state index contributed by atoms with van der Waals surface area (Å²) >= 11 is 0. The predicted octanol–water partition coefficient (Wildman–Crippen LogP) is 9.61. The monoisotopic (exact) mass is 586 g/mol. The largest absolute Gasteiger partial charge is 0.493 e. The molecule has 234 valence electrons. The standard InChI is InChI=1S/C39H54O4/c1-25(2)26(3)9-10-27(4)32-15-16-33-31-14-13-29-24-30(19-21-38(29,5)34(31)20-22-39(32,33)6)43-37(40)18-12-28-11-17-35(41-7)36(23-28)42-8/h9-14,17-18,23,25-27,30,32-34H,15-16,19-22,24H2,1-8H3/b10-9+,18-12+/t26-,27+,30-,32+,33?,34?,38?,39?/m0/s1. The topological polar surface area (TPSA) is 44.8 Å². The number of rotatable bonds is 9. The maximum absolute atomic E-state index is 12.8. The molecule has 0 aromatic heterocycles. The zero-order valence-corrected chi connectivity index (χ0v) is 27.8. The minimum atomic E-state index is -0.285. The van der Waals surface area contributed by atoms with Crippen LogP contribution in [0.25, 0.3) is 6.08 Å². The van der Waals surface area contributed by atoms with Crippen molar-refractivity contribution >= 4 is 12.0 Å². The van der Waals surface area contributed by atoms with Gasteiger partial charge in [0, 0.05) is 12.5 Å². The van der Waals surface area contributed by atoms with E-state index in [2.05, 4.69) is 65.8 Å². The van der Waals surface area contributed by atoms with E-state index in [9.17, 15) is 4.79 Å². The third kappa shape index (κ3) is 6.13. The number of benzene rings is 1. The molecule has 0 bridgehead atoms. The average molecular weight is 587 g/mol. The lowest BCUT2D eigenvalue weighted by Crippen LogP contribution is -2.46. The summed E-state index contributed by atoms with van der Waals surface area (Å²) in [4.78, 5) is 12.8. The molecule has 4 aliphatic rings. The summed E-state index contributed by atoms with van der Waals surface area (Å²) < 4.78 is 16.7. The van der Waals surface area contributed by atoms with E-state index in [1.807, 2.05) is 18.2 Å². The Balaban J connectivity index is 1.25. The van der Waals surface area contributed by atoms with Crippen molar-refractivity contribution in [1.82, 2.24) is 0 Å². The summed E-state index contributed by atoms with van der Waals surface area (Å²) in [5, 5.41) is 0. The Morgan fingerprint density at radius 2 is 1.67 bits per heavy atom. The van der Waals surface area contributed by atoms with Gasteiger partial charge in [0.2, 0.25) is 0 Å². The van der Waals surface area contributed by atoms with Crippen LogP contribution in [0.1, 0.15) is 92.1 Å². The molecule has 43 heavy (non-hydrogen) atoms. The van der Waals surface area contributed by atoms with Crippen molar-refractivity contribution in [2.24, 2.45) is 46.3 Å². The van der Waals surface area contributed by atoms with Gasteiger partial charge < -0.3 is 14.2 Å². The van der Waals surface area contributed by atoms with Gasteiger partial charge in [-0.3, -0.25) is 0 Å². The van der Waals surface area contributed by atoms with Gasteiger partial charge in [0.15, 0.2) is 11.5 Å². The second-order valence-electron chi connectivity index (χ2n) is 14.7. The van der Waals surface area contributed by atoms with E-state index in [-0.39, 0.29) is 17.5 Å². The molecule has 0 heterocycles. The molecule has 3 fully saturated rings. The van der Waals surface area contributed by atoms with Crippen LogP contribution in [-0.2, 0) is 9.53 Å². The summed E-state index contributed by atoms with van der Waals surface area (Å²) in [5.74, 6) is 5.06. The zero-order valence-electron chi connectivity index (χ0n) is 27.8. The van der Waals surface area contributed by atoms with Crippen LogP contribution in [0.15, 0.2) is 59.7 Å². The maximum atomic E-state index is 12.8. The highest BCUT2D eigenvalue weighted by molar-refractivity contribution is 5.87. The first kappa shape index (κ1) is 31.7. The Hall–Kier alpha value is -2.75. The summed E-state index contributed by atoms with van der Waals surface area (Å²) in [6.07, 6.45) is 21.3. The fourth-order valence-corrected chi connectivity index (χ4v) is 9.01. The number of methoxy groups -OCH3 is 2. The highest BCUT2D eigenvalue weighted by Crippen LogP contribution is 2.66. The van der Waals surface area contributed by atoms with Crippen LogP contribution in [0.3, 0.4) is 0 Å². The van der Waals surface area contributed by atoms with Crippen LogP contribution in [0.4, 0.5) is 0 Å². The number of ether oxygens (including phenoxy) is 3. The Morgan fingerprint density at radius 3 is 2.40 bits per heavy atom. The fraction of sp³-hybridized carbons (Fsp3) is 0.615. The third-order valence-corrected chi connectivity index (χ3v) is 12.1. The smallest absolute Gasteiger partial charge is 0.331 e. The molecule has 8 atom stereocenters. The highest BCUT2D eigenvalue weighted by Gasteiger charge is 2.57. The first-order valence-electron chi connectivity index (χ1n) is 16.7. The second kappa shape index (κ2) is 12.7. The van der Waals surface area contributed by atoms with Crippen LogP contribution < -0.4 is 9.47 Å². The molecule has 0 radical (unpaired) electrons. The third-order valence-electron chi connectivity index (χ3n) is 12.1. The zero-order chi connectivity index (χ0) is 30.9. The van der Waals surface area contributed by atoms with E-state index in [4.69, 9.17) is 14.2 Å². The van der Waals surface area contributed by atoms with Crippen molar-refractivity contribution in [2.75, 3.05) is 14.2 Å². The van der Waals surface area contributed by atoms with Crippen LogP contribution >= 0.6 is 0 Å². The molecule has 0 saturated heterocycles. The number of esters is 1. The lowest BCUT2D eigenvalue weighted by Gasteiger charge is -2.55. The van der Waals surface area contributed by atoms with Crippen molar-refractivity contribution in [2.45, 2.75) is 92.6 Å². The van der Waals surface area contributed by atoms with Crippen molar-refractivity contribution in [3.63, 3.8) is 0 Å². The molecular formula is C39H54O4. The Kier molecular flexibility index (Phi) is 9.35. The van der Waals surface area contributed by atoms with Gasteiger partial charge in [-0.1, -0.05) is 83.1 Å². The van der Waals surface area contributed by atoms with Crippen LogP contribution in [-0.4, -0.2) is 26.3 Å². The van der Waals surface area contributed by atoms with E-state index in [0.717, 1.165) is 30.7 Å². The molecule has 0 spiro atoms. The molecule has 4 unspecified atom stereocenters. The van der Waals surface area contributed by atoms with Gasteiger partial charge in [-0.05, 0) is 109 Å². The summed E-state index contributed by atoms with van der Waals surface area (Å²) in [6.45, 7) is 14.6. The highest BCUT2D eigenvalue weighted by atomic mass is 16.5. The number of hydrogen-bond donors (Lipinski definition) is 0. The normalized spacial score (nSPS) is 33.3. The van der Waals surface area contributed by atoms with Gasteiger partial charge in [0.1, 0.15) is 6.10 Å². The number of carbonyl (C=O) groups is 1. The molecule has 0 N–H and O–H groups in total. The molecule has 0 amide bonds. The molecule has 1 aromatic rings. The van der Waals surface area contributed by atoms with Crippen molar-refractivity contribution in [3.8, 4) is 11.5 Å². The molecule has 4 nitrogen and oxygen atoms in total. The second-order valence-corrected chi connectivity index (χ2v) is 14.7. The van der Waals surface area contributed by atoms with Gasteiger partial charge in [-0.25, -0.2) is 4.79 Å². The average Bonchev–Trinajstić information content (AvgIpc) is 3.35. The molecule has 0 aliphatic heterocycles. The predicted molar refractivity (Wildman–Crippen MR) is 176 cm³/mol. The Morgan fingerprint density at radius 1 is 0.907 bits per heavy atom. The van der Waals surface area contributed by atoms with Gasteiger partial charge in [0.05, 0.1) is 14.2 Å². The van der Waals surface area contributed by atoms with E-state index < -0.39 is 0 Å². The molecule has 4 heteroatoms. The van der Waals surface area contributed by atoms with Crippen molar-refractivity contribution in [1.29, 1.82) is 0 Å². The molecule has 4 aliphatic carbocycles. The molecule has 3 saturated carbocycles. The summed E-state index contributed by atoms with van der Waals surface area (Å²) in [6, 6.07) is 5.60. The van der Waals surface area contributed by atoms with Crippen LogP contribution in [0.2, 0.25) is 0 Å². The number of carbonyl (C=O) groups excluding carboxylic acids is 1. The fourth-order valence-electron chi connectivity index (χ4n) is 9.01. The van der Waals surface area contributed by atoms with E-state index >= 15 is 0 Å². The van der Waals surface area contributed by atoms with E-state index in [1.54, 1.807) is 25.9 Å². The van der Waals surface area contributed by atoms with E-state index in [1.165, 1.54) is 37.3 Å². The molecule has 1 aromatic carbocycles. The minimum absolute atomic E-state index is 0.0672. The van der Waals surface area contributed by atoms with Gasteiger partial charge in [-0.15, -0.1) is 0 Å². The van der Waals surface area contributed by atoms with E-state index in [0.29, 0.717) is 46.5 Å². The van der Waals surface area contributed by atoms with Crippen LogP contribution in [0.5, 0.6) is 11.5 Å². The van der Waals surface area contributed by atoms with Gasteiger partial charge in [0.25, 0.3) is 0 Å². The number of fused-ring (bicyclic) bond motifs is 5. The maximum Gasteiger partial charge on any atom is 0.331 e. The number of allylic oxidation sites excluding steroid dienone is 5. The summed E-state index contributed by atoms with van der Waals surface area (Å²) in [7, 11) is 3.22. The van der Waals surface area contributed by atoms with Gasteiger partial charge in [-0.2, -0.15) is 0 Å². The number of hydrogen-bond acceptors (Lipinski definition) is 4. The first-order valence-corrected chi connectivity index (χ1v) is 16.7. The first-order chi connectivity index (χ1) is 20.5. The SMILES string of the molecule is COc1ccc(/C=C/C(=O)O[C@H]2CCC3(C)C(=CC=C4C3CCC3(C)C4CC[C@@H]3[C@H](C)/C=C/[C@H](C)C(C)C)C2)cc1OC. The molecular weight excluding hydrogens is 532 g/mol. The quantitative estimate of drug-likeness (QED) is 0.164. The lowest BCUT2D eigenvalue weighted by atomic mass is 9.50. The van der Waals surface area contributed by atoms with Crippen molar-refractivity contribution in [3.05, 3.63) is 65.3 Å². The van der Waals surface area contributed by atoms with Crippen molar-refractivity contribution < 1.29 is 19.0 Å². The Labute approximate surface area is 260 Å². The Bertz CT molecular complexity index is 1300. The molecule has 5 rings (SSSR count). The lowest BCUT2D eigenvalue weighted by molar-refractivity contribution is -0.144. The van der Waals surface area contributed by atoms with Crippen LogP contribution in [0, 0.1) is 46.3 Å². The van der Waals surface area contributed by atoms with Gasteiger partial charge >= 0.3 is 5.97 Å².